The predicted octanol–water partition coefficient (Wildman–Crippen LogP) is 2.03. The summed E-state index contributed by atoms with van der Waals surface area (Å²) < 4.78 is 40.1. The molecule has 0 saturated carbocycles. The maximum absolute atomic E-state index is 13.5. The molecule has 0 unspecified atom stereocenters. The van der Waals surface area contributed by atoms with E-state index < -0.39 is 21.8 Å². The third-order valence-corrected chi connectivity index (χ3v) is 4.33. The van der Waals surface area contributed by atoms with Crippen molar-refractivity contribution < 1.29 is 22.7 Å². The Bertz CT molecular complexity index is 806. The number of nitrogens with zero attached hydrogens (tertiary/aromatic N) is 1. The molecule has 2 rings (SSSR count). The molecule has 0 fully saturated rings. The van der Waals surface area contributed by atoms with Crippen LogP contribution in [0.5, 0.6) is 0 Å². The topological polar surface area (TPSA) is 96.4 Å². The Morgan fingerprint density at radius 1 is 1.33 bits per heavy atom. The van der Waals surface area contributed by atoms with Gasteiger partial charge < -0.3 is 5.11 Å². The molecule has 1 heterocycles. The van der Waals surface area contributed by atoms with Gasteiger partial charge in [0.1, 0.15) is 0 Å². The Morgan fingerprint density at radius 2 is 2.05 bits per heavy atom. The SMILES string of the molecule is Cc1c(C(=O)O)cccc1S(=O)(=O)Nc1ccncc1F. The summed E-state index contributed by atoms with van der Waals surface area (Å²) in [6.45, 7) is 1.38. The van der Waals surface area contributed by atoms with Crippen LogP contribution in [0, 0.1) is 12.7 Å². The minimum Gasteiger partial charge on any atom is -0.478 e. The van der Waals surface area contributed by atoms with Crippen LogP contribution in [0.1, 0.15) is 15.9 Å². The number of anilines is 1. The number of hydrogen-bond acceptors (Lipinski definition) is 4. The fourth-order valence-electron chi connectivity index (χ4n) is 1.79. The fraction of sp³-hybridized carbons (Fsp3) is 0.0769. The number of halogens is 1. The van der Waals surface area contributed by atoms with Crippen LogP contribution in [0.3, 0.4) is 0 Å². The molecule has 1 aromatic heterocycles. The van der Waals surface area contributed by atoms with E-state index in [1.807, 2.05) is 0 Å². The van der Waals surface area contributed by atoms with Crippen LogP contribution < -0.4 is 4.72 Å². The van der Waals surface area contributed by atoms with Crippen molar-refractivity contribution in [2.45, 2.75) is 11.8 Å². The summed E-state index contributed by atoms with van der Waals surface area (Å²) in [5, 5.41) is 9.01. The van der Waals surface area contributed by atoms with E-state index in [2.05, 4.69) is 9.71 Å². The molecule has 0 aliphatic heterocycles. The molecule has 0 aliphatic carbocycles. The quantitative estimate of drug-likeness (QED) is 0.900. The molecular formula is C13H11FN2O4S. The van der Waals surface area contributed by atoms with Crippen LogP contribution in [0.4, 0.5) is 10.1 Å². The second kappa shape index (κ2) is 5.49. The summed E-state index contributed by atoms with van der Waals surface area (Å²) >= 11 is 0. The number of aromatic nitrogens is 1. The average Bonchev–Trinajstić information content (AvgIpc) is 2.41. The van der Waals surface area contributed by atoms with Crippen molar-refractivity contribution in [2.75, 3.05) is 4.72 Å². The van der Waals surface area contributed by atoms with Crippen molar-refractivity contribution >= 4 is 21.7 Å². The molecule has 2 aromatic rings. The second-order valence-corrected chi connectivity index (χ2v) is 5.85. The number of carboxylic acid groups (broad SMARTS) is 1. The Kier molecular flexibility index (Phi) is 3.90. The first-order valence-electron chi connectivity index (χ1n) is 5.78. The maximum Gasteiger partial charge on any atom is 0.335 e. The van der Waals surface area contributed by atoms with E-state index in [1.165, 1.54) is 37.4 Å². The van der Waals surface area contributed by atoms with Gasteiger partial charge in [-0.15, -0.1) is 0 Å². The largest absolute Gasteiger partial charge is 0.478 e. The van der Waals surface area contributed by atoms with E-state index in [9.17, 15) is 17.6 Å². The Balaban J connectivity index is 2.48. The van der Waals surface area contributed by atoms with Gasteiger partial charge in [-0.25, -0.2) is 17.6 Å². The lowest BCUT2D eigenvalue weighted by Gasteiger charge is -2.12. The number of carbonyl (C=O) groups is 1. The zero-order chi connectivity index (χ0) is 15.6. The van der Waals surface area contributed by atoms with E-state index >= 15 is 0 Å². The van der Waals surface area contributed by atoms with Crippen LogP contribution in [0.2, 0.25) is 0 Å². The molecular weight excluding hydrogens is 299 g/mol. The Morgan fingerprint density at radius 3 is 2.67 bits per heavy atom. The Hall–Kier alpha value is -2.48. The number of hydrogen-bond donors (Lipinski definition) is 2. The van der Waals surface area contributed by atoms with E-state index in [0.29, 0.717) is 0 Å². The van der Waals surface area contributed by atoms with Crippen LogP contribution in [-0.4, -0.2) is 24.5 Å². The number of benzene rings is 1. The molecule has 0 aliphatic rings. The summed E-state index contributed by atoms with van der Waals surface area (Å²) in [6, 6.07) is 5.03. The normalized spacial score (nSPS) is 11.1. The lowest BCUT2D eigenvalue weighted by atomic mass is 10.1. The van der Waals surface area contributed by atoms with Crippen molar-refractivity contribution in [1.29, 1.82) is 0 Å². The van der Waals surface area contributed by atoms with E-state index in [0.717, 1.165) is 6.20 Å². The predicted molar refractivity (Wildman–Crippen MR) is 73.1 cm³/mol. The van der Waals surface area contributed by atoms with Gasteiger partial charge in [-0.3, -0.25) is 9.71 Å². The van der Waals surface area contributed by atoms with E-state index in [4.69, 9.17) is 5.11 Å². The van der Waals surface area contributed by atoms with Gasteiger partial charge >= 0.3 is 5.97 Å². The molecule has 6 nitrogen and oxygen atoms in total. The molecule has 0 atom stereocenters. The zero-order valence-electron chi connectivity index (χ0n) is 10.9. The van der Waals surface area contributed by atoms with Crippen molar-refractivity contribution in [2.24, 2.45) is 0 Å². The molecule has 0 radical (unpaired) electrons. The molecule has 1 aromatic carbocycles. The molecule has 2 N–H and O–H groups in total. The van der Waals surface area contributed by atoms with Gasteiger partial charge in [0.15, 0.2) is 5.82 Å². The van der Waals surface area contributed by atoms with Crippen molar-refractivity contribution in [3.63, 3.8) is 0 Å². The Labute approximate surface area is 120 Å². The van der Waals surface area contributed by atoms with Gasteiger partial charge in [-0.05, 0) is 30.7 Å². The van der Waals surface area contributed by atoms with Crippen molar-refractivity contribution in [3.8, 4) is 0 Å². The smallest absolute Gasteiger partial charge is 0.335 e. The molecule has 110 valence electrons. The first-order chi connectivity index (χ1) is 9.83. The van der Waals surface area contributed by atoms with Gasteiger partial charge in [-0.2, -0.15) is 0 Å². The van der Waals surface area contributed by atoms with Crippen LogP contribution in [0.25, 0.3) is 0 Å². The number of sulfonamides is 1. The highest BCUT2D eigenvalue weighted by atomic mass is 32.2. The summed E-state index contributed by atoms with van der Waals surface area (Å²) in [7, 11) is -4.10. The zero-order valence-corrected chi connectivity index (χ0v) is 11.7. The van der Waals surface area contributed by atoms with E-state index in [-0.39, 0.29) is 21.7 Å². The fourth-order valence-corrected chi connectivity index (χ4v) is 3.13. The number of rotatable bonds is 4. The number of carboxylic acids is 1. The average molecular weight is 310 g/mol. The minimum absolute atomic E-state index is 0.0759. The number of aromatic carboxylic acids is 1. The van der Waals surface area contributed by atoms with Crippen molar-refractivity contribution in [1.82, 2.24) is 4.98 Å². The van der Waals surface area contributed by atoms with Crippen LogP contribution in [-0.2, 0) is 10.0 Å². The molecule has 8 heteroatoms. The van der Waals surface area contributed by atoms with Gasteiger partial charge in [-0.1, -0.05) is 6.07 Å². The standard InChI is InChI=1S/C13H11FN2O4S/c1-8-9(13(17)18)3-2-4-12(8)21(19,20)16-11-5-6-15-7-10(11)14/h2-7H,1H3,(H,15,16)(H,17,18). The molecule has 21 heavy (non-hydrogen) atoms. The van der Waals surface area contributed by atoms with Gasteiger partial charge in [0, 0.05) is 6.20 Å². The number of pyridine rings is 1. The third-order valence-electron chi connectivity index (χ3n) is 2.82. The number of nitrogens with one attached hydrogen (secondary N) is 1. The highest BCUT2D eigenvalue weighted by Crippen LogP contribution is 2.22. The molecule has 0 amide bonds. The van der Waals surface area contributed by atoms with Gasteiger partial charge in [0.2, 0.25) is 0 Å². The van der Waals surface area contributed by atoms with E-state index in [1.54, 1.807) is 0 Å². The lowest BCUT2D eigenvalue weighted by Crippen LogP contribution is -2.16. The van der Waals surface area contributed by atoms with Crippen LogP contribution >= 0.6 is 0 Å². The summed E-state index contributed by atoms with van der Waals surface area (Å²) in [6.07, 6.45) is 2.11. The first kappa shape index (κ1) is 14.9. The van der Waals surface area contributed by atoms with Crippen LogP contribution in [0.15, 0.2) is 41.6 Å². The summed E-state index contributed by atoms with van der Waals surface area (Å²) in [5.41, 5.74) is -0.315. The summed E-state index contributed by atoms with van der Waals surface area (Å²) in [4.78, 5) is 14.3. The molecule has 0 saturated heterocycles. The van der Waals surface area contributed by atoms with Gasteiger partial charge in [0.05, 0.1) is 22.3 Å². The highest BCUT2D eigenvalue weighted by molar-refractivity contribution is 7.92. The third kappa shape index (κ3) is 3.00. The van der Waals surface area contributed by atoms with Gasteiger partial charge in [0.25, 0.3) is 10.0 Å². The first-order valence-corrected chi connectivity index (χ1v) is 7.26. The van der Waals surface area contributed by atoms with Crippen molar-refractivity contribution in [3.05, 3.63) is 53.6 Å². The maximum atomic E-state index is 13.5. The minimum atomic E-state index is -4.10. The lowest BCUT2D eigenvalue weighted by molar-refractivity contribution is 0.0696. The highest BCUT2D eigenvalue weighted by Gasteiger charge is 2.21. The second-order valence-electron chi connectivity index (χ2n) is 4.19. The molecule has 0 spiro atoms. The molecule has 0 bridgehead atoms. The monoisotopic (exact) mass is 310 g/mol. The summed E-state index contributed by atoms with van der Waals surface area (Å²) in [5.74, 6) is -2.06.